The number of aryl methyl sites for hydroxylation is 1. The number of rotatable bonds is 3. The molecule has 0 aliphatic carbocycles. The van der Waals surface area contributed by atoms with Crippen molar-refractivity contribution in [3.8, 4) is 11.3 Å². The molecule has 4 aromatic rings. The number of nitrogens with zero attached hydrogens (tertiary/aromatic N) is 5. The molecule has 1 saturated heterocycles. The number of aromatic nitrogens is 5. The monoisotopic (exact) mass is 474 g/mol. The summed E-state index contributed by atoms with van der Waals surface area (Å²) in [5.74, 6) is -0.345. The maximum Gasteiger partial charge on any atom is 0.329 e. The highest BCUT2D eigenvalue weighted by atomic mass is 16.3. The van der Waals surface area contributed by atoms with Crippen molar-refractivity contribution in [2.24, 2.45) is 0 Å². The summed E-state index contributed by atoms with van der Waals surface area (Å²) in [5.41, 5.74) is 1.31. The molecule has 10 nitrogen and oxygen atoms in total. The van der Waals surface area contributed by atoms with Crippen molar-refractivity contribution in [2.45, 2.75) is 45.3 Å². The maximum atomic E-state index is 13.1. The van der Waals surface area contributed by atoms with E-state index < -0.39 is 16.9 Å². The molecule has 1 aliphatic heterocycles. The number of amides is 1. The Hall–Kier alpha value is -3.92. The van der Waals surface area contributed by atoms with Crippen LogP contribution in [0.4, 0.5) is 0 Å². The van der Waals surface area contributed by atoms with Gasteiger partial charge in [-0.3, -0.25) is 29.1 Å². The zero-order valence-corrected chi connectivity index (χ0v) is 19.8. The van der Waals surface area contributed by atoms with Crippen LogP contribution in [0.3, 0.4) is 0 Å². The summed E-state index contributed by atoms with van der Waals surface area (Å²) in [7, 11) is 0. The van der Waals surface area contributed by atoms with Gasteiger partial charge in [-0.2, -0.15) is 0 Å². The fourth-order valence-electron chi connectivity index (χ4n) is 4.63. The van der Waals surface area contributed by atoms with Gasteiger partial charge in [-0.05, 0) is 57.9 Å². The normalized spacial score (nSPS) is 15.1. The number of carbonyl (C=O) groups is 1. The Morgan fingerprint density at radius 2 is 1.83 bits per heavy atom. The van der Waals surface area contributed by atoms with Gasteiger partial charge in [0.1, 0.15) is 11.1 Å². The predicted octanol–water partition coefficient (Wildman–Crippen LogP) is 1.94. The SMILES string of the molecule is Cc1ccc(-c2ccc3ncc4c(=O)[nH]c(=O)n(C5CCN(C(=O)C(C)(C)O)CC5)c4c3n2)cn1. The molecule has 1 aliphatic rings. The first-order valence-electron chi connectivity index (χ1n) is 11.5. The van der Waals surface area contributed by atoms with Crippen LogP contribution in [0.25, 0.3) is 33.2 Å². The van der Waals surface area contributed by atoms with Crippen LogP contribution in [0.15, 0.2) is 46.2 Å². The molecule has 10 heteroatoms. The number of hydrogen-bond acceptors (Lipinski definition) is 7. The van der Waals surface area contributed by atoms with E-state index in [1.807, 2.05) is 31.2 Å². The fraction of sp³-hybridized carbons (Fsp3) is 0.360. The lowest BCUT2D eigenvalue weighted by molar-refractivity contribution is -0.149. The number of carbonyl (C=O) groups excluding carboxylic acids is 1. The Kier molecular flexibility index (Phi) is 5.47. The van der Waals surface area contributed by atoms with Crippen LogP contribution < -0.4 is 11.2 Å². The minimum absolute atomic E-state index is 0.259. The Labute approximate surface area is 200 Å². The highest BCUT2D eigenvalue weighted by Crippen LogP contribution is 2.29. The van der Waals surface area contributed by atoms with Gasteiger partial charge in [-0.25, -0.2) is 9.78 Å². The number of fused-ring (bicyclic) bond motifs is 3. The third-order valence-corrected chi connectivity index (χ3v) is 6.46. The molecule has 2 N–H and O–H groups in total. The van der Waals surface area contributed by atoms with Crippen LogP contribution in [-0.4, -0.2) is 59.1 Å². The predicted molar refractivity (Wildman–Crippen MR) is 131 cm³/mol. The van der Waals surface area contributed by atoms with E-state index in [0.29, 0.717) is 48.2 Å². The summed E-state index contributed by atoms with van der Waals surface area (Å²) < 4.78 is 1.58. The molecular formula is C25H26N6O4. The van der Waals surface area contributed by atoms with E-state index in [1.54, 1.807) is 15.7 Å². The van der Waals surface area contributed by atoms with E-state index in [-0.39, 0.29) is 17.3 Å². The topological polar surface area (TPSA) is 134 Å². The van der Waals surface area contributed by atoms with Crippen LogP contribution in [-0.2, 0) is 4.79 Å². The zero-order chi connectivity index (χ0) is 24.9. The van der Waals surface area contributed by atoms with Gasteiger partial charge >= 0.3 is 5.69 Å². The second-order valence-corrected chi connectivity index (χ2v) is 9.48. The first-order valence-corrected chi connectivity index (χ1v) is 11.5. The number of H-pyrrole nitrogens is 1. The second-order valence-electron chi connectivity index (χ2n) is 9.48. The van der Waals surface area contributed by atoms with Gasteiger partial charge in [0.15, 0.2) is 0 Å². The van der Waals surface area contributed by atoms with Crippen molar-refractivity contribution in [3.63, 3.8) is 0 Å². The maximum absolute atomic E-state index is 13.1. The molecule has 5 heterocycles. The van der Waals surface area contributed by atoms with Crippen LogP contribution in [0, 0.1) is 6.92 Å². The fourth-order valence-corrected chi connectivity index (χ4v) is 4.63. The lowest BCUT2D eigenvalue weighted by Crippen LogP contribution is -2.49. The molecule has 180 valence electrons. The summed E-state index contributed by atoms with van der Waals surface area (Å²) in [6.45, 7) is 5.61. The summed E-state index contributed by atoms with van der Waals surface area (Å²) in [6.07, 6.45) is 4.19. The van der Waals surface area contributed by atoms with Gasteiger partial charge in [0.05, 0.1) is 22.1 Å². The van der Waals surface area contributed by atoms with Gasteiger partial charge in [-0.15, -0.1) is 0 Å². The van der Waals surface area contributed by atoms with Crippen LogP contribution in [0.1, 0.15) is 38.4 Å². The molecule has 1 fully saturated rings. The molecule has 0 saturated carbocycles. The number of aliphatic hydroxyl groups is 1. The minimum atomic E-state index is -1.46. The molecule has 0 aromatic carbocycles. The zero-order valence-electron chi connectivity index (χ0n) is 19.8. The largest absolute Gasteiger partial charge is 0.381 e. The van der Waals surface area contributed by atoms with Gasteiger partial charge in [0, 0.05) is 42.8 Å². The lowest BCUT2D eigenvalue weighted by Gasteiger charge is -2.36. The molecule has 5 rings (SSSR count). The number of hydrogen-bond donors (Lipinski definition) is 2. The number of likely N-dealkylation sites (tertiary alicyclic amines) is 1. The van der Waals surface area contributed by atoms with Crippen molar-refractivity contribution in [1.82, 2.24) is 29.4 Å². The van der Waals surface area contributed by atoms with E-state index in [0.717, 1.165) is 11.3 Å². The molecule has 0 radical (unpaired) electrons. The molecule has 0 spiro atoms. The van der Waals surface area contributed by atoms with E-state index in [4.69, 9.17) is 4.98 Å². The van der Waals surface area contributed by atoms with Gasteiger partial charge in [0.2, 0.25) is 0 Å². The Balaban J connectivity index is 1.64. The van der Waals surface area contributed by atoms with Gasteiger partial charge < -0.3 is 10.0 Å². The molecule has 1 amide bonds. The lowest BCUT2D eigenvalue weighted by atomic mass is 10.0. The minimum Gasteiger partial charge on any atom is -0.381 e. The van der Waals surface area contributed by atoms with Gasteiger partial charge in [-0.1, -0.05) is 0 Å². The third-order valence-electron chi connectivity index (χ3n) is 6.46. The Morgan fingerprint density at radius 3 is 2.49 bits per heavy atom. The van der Waals surface area contributed by atoms with Crippen LogP contribution >= 0.6 is 0 Å². The summed E-state index contributed by atoms with van der Waals surface area (Å²) in [6, 6.07) is 7.21. The van der Waals surface area contributed by atoms with E-state index >= 15 is 0 Å². The molecule has 0 bridgehead atoms. The summed E-state index contributed by atoms with van der Waals surface area (Å²) >= 11 is 0. The molecule has 0 atom stereocenters. The van der Waals surface area contributed by atoms with Crippen molar-refractivity contribution in [1.29, 1.82) is 0 Å². The summed E-state index contributed by atoms with van der Waals surface area (Å²) in [4.78, 5) is 55.8. The van der Waals surface area contributed by atoms with E-state index in [1.165, 1.54) is 20.0 Å². The molecule has 4 aromatic heterocycles. The Morgan fingerprint density at radius 1 is 1.09 bits per heavy atom. The van der Waals surface area contributed by atoms with Crippen LogP contribution in [0.5, 0.6) is 0 Å². The van der Waals surface area contributed by atoms with Crippen molar-refractivity contribution < 1.29 is 9.90 Å². The van der Waals surface area contributed by atoms with E-state index in [9.17, 15) is 19.5 Å². The average Bonchev–Trinajstić information content (AvgIpc) is 2.83. The highest BCUT2D eigenvalue weighted by molar-refractivity contribution is 6.01. The van der Waals surface area contributed by atoms with Crippen LogP contribution in [0.2, 0.25) is 0 Å². The Bertz CT molecular complexity index is 1560. The average molecular weight is 475 g/mol. The number of nitrogens with one attached hydrogen (secondary N) is 1. The number of pyridine rings is 3. The number of aromatic amines is 1. The highest BCUT2D eigenvalue weighted by Gasteiger charge is 2.33. The molecular weight excluding hydrogens is 448 g/mol. The second kappa shape index (κ2) is 8.38. The molecule has 35 heavy (non-hydrogen) atoms. The first kappa shape index (κ1) is 22.9. The quantitative estimate of drug-likeness (QED) is 0.433. The molecule has 0 unspecified atom stereocenters. The summed E-state index contributed by atoms with van der Waals surface area (Å²) in [5, 5.41) is 10.4. The first-order chi connectivity index (χ1) is 16.6. The van der Waals surface area contributed by atoms with Gasteiger partial charge in [0.25, 0.3) is 11.5 Å². The van der Waals surface area contributed by atoms with Crippen molar-refractivity contribution in [3.05, 3.63) is 63.2 Å². The third kappa shape index (κ3) is 4.10. The van der Waals surface area contributed by atoms with Crippen molar-refractivity contribution >= 4 is 27.8 Å². The van der Waals surface area contributed by atoms with E-state index in [2.05, 4.69) is 15.0 Å². The van der Waals surface area contributed by atoms with Crippen molar-refractivity contribution in [2.75, 3.05) is 13.1 Å². The standard InChI is InChI=1S/C25H26N6O4/c1-14-4-5-15(12-26-14)18-6-7-19-20(28-18)21-17(13-27-19)22(32)29-24(34)31(21)16-8-10-30(11-9-16)23(33)25(2,3)35/h4-7,12-13,16,35H,8-11H2,1-3H3,(H,29,32,34). The smallest absolute Gasteiger partial charge is 0.329 e. The number of piperidine rings is 1.